The van der Waals surface area contributed by atoms with Crippen molar-refractivity contribution in [3.05, 3.63) is 63.1 Å². The molecule has 0 radical (unpaired) electrons. The molecule has 0 aliphatic rings. The van der Waals surface area contributed by atoms with Crippen molar-refractivity contribution >= 4 is 33.4 Å². The zero-order valence-corrected chi connectivity index (χ0v) is 15.9. The molecule has 0 saturated heterocycles. The molecule has 0 aliphatic carbocycles. The highest BCUT2D eigenvalue weighted by atomic mass is 79.9. The van der Waals surface area contributed by atoms with Gasteiger partial charge in [-0.05, 0) is 52.2 Å². The predicted molar refractivity (Wildman–Crippen MR) is 100 cm³/mol. The molecule has 2 rings (SSSR count). The minimum Gasteiger partial charge on any atom is -0.496 e. The normalized spacial score (nSPS) is 11.8. The molecule has 0 bridgehead atoms. The Hall–Kier alpha value is -1.56. The van der Waals surface area contributed by atoms with Crippen LogP contribution in [-0.4, -0.2) is 19.6 Å². The predicted octanol–water partition coefficient (Wildman–Crippen LogP) is 4.08. The van der Waals surface area contributed by atoms with E-state index in [9.17, 15) is 4.79 Å². The summed E-state index contributed by atoms with van der Waals surface area (Å²) < 4.78 is 6.11. The van der Waals surface area contributed by atoms with E-state index in [1.54, 1.807) is 7.11 Å². The van der Waals surface area contributed by atoms with Gasteiger partial charge in [-0.3, -0.25) is 4.79 Å². The average molecular weight is 412 g/mol. The second-order valence-corrected chi connectivity index (χ2v) is 6.63. The fourth-order valence-corrected chi connectivity index (χ4v) is 2.97. The molecular weight excluding hydrogens is 392 g/mol. The maximum Gasteiger partial charge on any atom is 0.234 e. The van der Waals surface area contributed by atoms with Crippen molar-refractivity contribution < 1.29 is 9.53 Å². The lowest BCUT2D eigenvalue weighted by atomic mass is 10.1. The van der Waals surface area contributed by atoms with Gasteiger partial charge in [-0.1, -0.05) is 35.9 Å². The number of benzene rings is 2. The molecule has 128 valence electrons. The van der Waals surface area contributed by atoms with Crippen LogP contribution in [0.15, 0.2) is 46.9 Å². The van der Waals surface area contributed by atoms with Gasteiger partial charge in [-0.15, -0.1) is 0 Å². The SMILES string of the molecule is COc1ccc([C@@H](C)NCC(=O)NCc2ccccc2Cl)cc1Br. The monoisotopic (exact) mass is 410 g/mol. The average Bonchev–Trinajstić information content (AvgIpc) is 2.58. The van der Waals surface area contributed by atoms with E-state index in [0.717, 1.165) is 21.3 Å². The van der Waals surface area contributed by atoms with Crippen molar-refractivity contribution in [2.24, 2.45) is 0 Å². The fraction of sp³-hybridized carbons (Fsp3) is 0.278. The van der Waals surface area contributed by atoms with Crippen LogP contribution in [0.1, 0.15) is 24.1 Å². The van der Waals surface area contributed by atoms with Crippen molar-refractivity contribution in [2.45, 2.75) is 19.5 Å². The number of nitrogens with one attached hydrogen (secondary N) is 2. The first-order valence-corrected chi connectivity index (χ1v) is 8.75. The Morgan fingerprint density at radius 2 is 2.04 bits per heavy atom. The quantitative estimate of drug-likeness (QED) is 0.722. The molecule has 2 N–H and O–H groups in total. The van der Waals surface area contributed by atoms with Crippen LogP contribution in [0.4, 0.5) is 0 Å². The van der Waals surface area contributed by atoms with Crippen LogP contribution in [0.25, 0.3) is 0 Å². The molecule has 24 heavy (non-hydrogen) atoms. The summed E-state index contributed by atoms with van der Waals surface area (Å²) in [6.45, 7) is 2.66. The van der Waals surface area contributed by atoms with Crippen molar-refractivity contribution in [1.29, 1.82) is 0 Å². The van der Waals surface area contributed by atoms with Gasteiger partial charge in [0.05, 0.1) is 18.1 Å². The first-order chi connectivity index (χ1) is 11.5. The van der Waals surface area contributed by atoms with Crippen molar-refractivity contribution in [1.82, 2.24) is 10.6 Å². The fourth-order valence-electron chi connectivity index (χ4n) is 2.21. The molecule has 0 heterocycles. The molecule has 0 aliphatic heterocycles. The number of carbonyl (C=O) groups excluding carboxylic acids is 1. The van der Waals surface area contributed by atoms with Crippen molar-refractivity contribution in [2.75, 3.05) is 13.7 Å². The molecule has 1 atom stereocenters. The third kappa shape index (κ3) is 5.23. The maximum absolute atomic E-state index is 12.0. The van der Waals surface area contributed by atoms with Gasteiger partial charge in [-0.2, -0.15) is 0 Å². The Labute approximate surface area is 155 Å². The summed E-state index contributed by atoms with van der Waals surface area (Å²) in [5.41, 5.74) is 1.97. The molecule has 4 nitrogen and oxygen atoms in total. The standard InChI is InChI=1S/C18H20BrClN2O2/c1-12(13-7-8-17(24-2)15(19)9-13)21-11-18(23)22-10-14-5-3-4-6-16(14)20/h3-9,12,21H,10-11H2,1-2H3,(H,22,23)/t12-/m1/s1. The molecule has 0 spiro atoms. The number of ether oxygens (including phenoxy) is 1. The third-order valence-electron chi connectivity index (χ3n) is 3.68. The number of amides is 1. The number of carbonyl (C=O) groups is 1. The molecule has 6 heteroatoms. The maximum atomic E-state index is 12.0. The van der Waals surface area contributed by atoms with E-state index in [2.05, 4.69) is 26.6 Å². The Morgan fingerprint density at radius 3 is 2.71 bits per heavy atom. The number of rotatable bonds is 7. The van der Waals surface area contributed by atoms with E-state index < -0.39 is 0 Å². The van der Waals surface area contributed by atoms with Gasteiger partial charge in [0.1, 0.15) is 5.75 Å². The number of methoxy groups -OCH3 is 1. The van der Waals surface area contributed by atoms with Gasteiger partial charge >= 0.3 is 0 Å². The summed E-state index contributed by atoms with van der Waals surface area (Å²) >= 11 is 9.54. The summed E-state index contributed by atoms with van der Waals surface area (Å²) in [5.74, 6) is 0.706. The Bertz CT molecular complexity index is 709. The summed E-state index contributed by atoms with van der Waals surface area (Å²) in [5, 5.41) is 6.72. The second kappa shape index (κ2) is 9.06. The molecule has 2 aromatic carbocycles. The van der Waals surface area contributed by atoms with E-state index in [-0.39, 0.29) is 18.5 Å². The Kier molecular flexibility index (Phi) is 7.09. The van der Waals surface area contributed by atoms with Crippen LogP contribution in [0.5, 0.6) is 5.75 Å². The molecule has 0 fully saturated rings. The highest BCUT2D eigenvalue weighted by Crippen LogP contribution is 2.27. The van der Waals surface area contributed by atoms with Crippen molar-refractivity contribution in [3.63, 3.8) is 0 Å². The van der Waals surface area contributed by atoms with Crippen LogP contribution in [-0.2, 0) is 11.3 Å². The van der Waals surface area contributed by atoms with Gasteiger partial charge in [-0.25, -0.2) is 0 Å². The van der Waals surface area contributed by atoms with Gasteiger partial charge < -0.3 is 15.4 Å². The first-order valence-electron chi connectivity index (χ1n) is 7.58. The smallest absolute Gasteiger partial charge is 0.234 e. The lowest BCUT2D eigenvalue weighted by molar-refractivity contribution is -0.120. The van der Waals surface area contributed by atoms with Gasteiger partial charge in [0.15, 0.2) is 0 Å². The Balaban J connectivity index is 1.83. The van der Waals surface area contributed by atoms with E-state index in [4.69, 9.17) is 16.3 Å². The largest absolute Gasteiger partial charge is 0.496 e. The zero-order chi connectivity index (χ0) is 17.5. The van der Waals surface area contributed by atoms with Crippen molar-refractivity contribution in [3.8, 4) is 5.75 Å². The van der Waals surface area contributed by atoms with Crippen LogP contribution >= 0.6 is 27.5 Å². The molecular formula is C18H20BrClN2O2. The third-order valence-corrected chi connectivity index (χ3v) is 4.67. The minimum absolute atomic E-state index is 0.0401. The van der Waals surface area contributed by atoms with E-state index in [1.807, 2.05) is 49.4 Å². The molecule has 1 amide bonds. The van der Waals surface area contributed by atoms with Gasteiger partial charge in [0.2, 0.25) is 5.91 Å². The summed E-state index contributed by atoms with van der Waals surface area (Å²) in [7, 11) is 1.63. The summed E-state index contributed by atoms with van der Waals surface area (Å²) in [4.78, 5) is 12.0. The summed E-state index contributed by atoms with van der Waals surface area (Å²) in [6, 6.07) is 13.4. The summed E-state index contributed by atoms with van der Waals surface area (Å²) in [6.07, 6.45) is 0. The first kappa shape index (κ1) is 18.8. The molecule has 0 unspecified atom stereocenters. The lowest BCUT2D eigenvalue weighted by Crippen LogP contribution is -2.34. The van der Waals surface area contributed by atoms with Gasteiger partial charge in [0.25, 0.3) is 0 Å². The highest BCUT2D eigenvalue weighted by molar-refractivity contribution is 9.10. The van der Waals surface area contributed by atoms with Crippen LogP contribution < -0.4 is 15.4 Å². The van der Waals surface area contributed by atoms with Crippen LogP contribution in [0.3, 0.4) is 0 Å². The number of hydrogen-bond donors (Lipinski definition) is 2. The topological polar surface area (TPSA) is 50.4 Å². The van der Waals surface area contributed by atoms with Crippen LogP contribution in [0, 0.1) is 0 Å². The Morgan fingerprint density at radius 1 is 1.29 bits per heavy atom. The minimum atomic E-state index is -0.0747. The van der Waals surface area contributed by atoms with Gasteiger partial charge in [0, 0.05) is 17.6 Å². The molecule has 2 aromatic rings. The second-order valence-electron chi connectivity index (χ2n) is 5.36. The zero-order valence-electron chi connectivity index (χ0n) is 13.6. The van der Waals surface area contributed by atoms with Crippen LogP contribution in [0.2, 0.25) is 5.02 Å². The highest BCUT2D eigenvalue weighted by Gasteiger charge is 2.10. The van der Waals surface area contributed by atoms with E-state index >= 15 is 0 Å². The molecule has 0 saturated carbocycles. The lowest BCUT2D eigenvalue weighted by Gasteiger charge is -2.15. The number of halogens is 2. The number of hydrogen-bond acceptors (Lipinski definition) is 3. The van der Waals surface area contributed by atoms with E-state index in [1.165, 1.54) is 0 Å². The molecule has 0 aromatic heterocycles. The van der Waals surface area contributed by atoms with E-state index in [0.29, 0.717) is 11.6 Å².